The Morgan fingerprint density at radius 1 is 1.20 bits per heavy atom. The van der Waals surface area contributed by atoms with Crippen molar-refractivity contribution in [3.05, 3.63) is 35.4 Å². The van der Waals surface area contributed by atoms with E-state index >= 15 is 0 Å². The van der Waals surface area contributed by atoms with Crippen molar-refractivity contribution in [1.82, 2.24) is 4.90 Å². The number of carbonyl (C=O) groups excluding carboxylic acids is 1. The fourth-order valence-electron chi connectivity index (χ4n) is 2.06. The molecule has 112 valence electrons. The largest absolute Gasteiger partial charge is 0.401 e. The molecule has 1 aromatic carbocycles. The van der Waals surface area contributed by atoms with Gasteiger partial charge in [-0.2, -0.15) is 13.2 Å². The molecule has 0 aromatic heterocycles. The van der Waals surface area contributed by atoms with Crippen LogP contribution in [-0.2, 0) is 6.42 Å². The van der Waals surface area contributed by atoms with Gasteiger partial charge in [-0.1, -0.05) is 38.1 Å². The van der Waals surface area contributed by atoms with Gasteiger partial charge >= 0.3 is 6.18 Å². The van der Waals surface area contributed by atoms with E-state index in [1.807, 2.05) is 19.1 Å². The maximum absolute atomic E-state index is 12.5. The zero-order valence-corrected chi connectivity index (χ0v) is 12.0. The molecule has 2 nitrogen and oxygen atoms in total. The minimum Gasteiger partial charge on any atom is -0.292 e. The molecule has 0 radical (unpaired) electrons. The van der Waals surface area contributed by atoms with Crippen molar-refractivity contribution in [2.45, 2.75) is 39.4 Å². The molecule has 1 aromatic rings. The highest BCUT2D eigenvalue weighted by Gasteiger charge is 2.34. The van der Waals surface area contributed by atoms with Gasteiger partial charge in [-0.3, -0.25) is 9.69 Å². The standard InChI is InChI=1S/C15H20F3NO/c1-4-12-6-8-13(9-7-12)14(20)11(3)19(5-2)10-15(16,17)18/h6-9,11H,4-5,10H2,1-3H3. The van der Waals surface area contributed by atoms with E-state index in [4.69, 9.17) is 0 Å². The van der Waals surface area contributed by atoms with E-state index in [9.17, 15) is 18.0 Å². The number of likely N-dealkylation sites (N-methyl/N-ethyl adjacent to an activating group) is 1. The van der Waals surface area contributed by atoms with E-state index in [1.165, 1.54) is 6.92 Å². The summed E-state index contributed by atoms with van der Waals surface area (Å²) in [5, 5.41) is 0. The van der Waals surface area contributed by atoms with Gasteiger partial charge in [-0.05, 0) is 25.5 Å². The Hall–Kier alpha value is -1.36. The third-order valence-electron chi connectivity index (χ3n) is 3.36. The van der Waals surface area contributed by atoms with Crippen molar-refractivity contribution in [2.24, 2.45) is 0 Å². The number of Topliss-reactive ketones (excluding diaryl/α,β-unsaturated/α-hetero) is 1. The van der Waals surface area contributed by atoms with Crippen molar-refractivity contribution in [3.8, 4) is 0 Å². The van der Waals surface area contributed by atoms with Crippen molar-refractivity contribution in [2.75, 3.05) is 13.1 Å². The molecular weight excluding hydrogens is 267 g/mol. The number of carbonyl (C=O) groups is 1. The summed E-state index contributed by atoms with van der Waals surface area (Å²) in [4.78, 5) is 13.4. The van der Waals surface area contributed by atoms with Gasteiger partial charge in [0.25, 0.3) is 0 Å². The lowest BCUT2D eigenvalue weighted by molar-refractivity contribution is -0.147. The first-order valence-corrected chi connectivity index (χ1v) is 6.72. The van der Waals surface area contributed by atoms with Gasteiger partial charge < -0.3 is 0 Å². The second kappa shape index (κ2) is 6.88. The van der Waals surface area contributed by atoms with Gasteiger partial charge in [0.2, 0.25) is 0 Å². The third kappa shape index (κ3) is 4.63. The fraction of sp³-hybridized carbons (Fsp3) is 0.533. The molecule has 20 heavy (non-hydrogen) atoms. The molecule has 5 heteroatoms. The smallest absolute Gasteiger partial charge is 0.292 e. The monoisotopic (exact) mass is 287 g/mol. The minimum atomic E-state index is -4.30. The predicted molar refractivity (Wildman–Crippen MR) is 72.9 cm³/mol. The molecule has 0 amide bonds. The van der Waals surface area contributed by atoms with Crippen LogP contribution in [0, 0.1) is 0 Å². The summed E-state index contributed by atoms with van der Waals surface area (Å²) in [5.74, 6) is -0.279. The second-order valence-electron chi connectivity index (χ2n) is 4.77. The van der Waals surface area contributed by atoms with Gasteiger partial charge in [0.05, 0.1) is 12.6 Å². The lowest BCUT2D eigenvalue weighted by Crippen LogP contribution is -2.44. The summed E-state index contributed by atoms with van der Waals surface area (Å²) in [7, 11) is 0. The zero-order chi connectivity index (χ0) is 15.3. The summed E-state index contributed by atoms with van der Waals surface area (Å²) < 4.78 is 37.4. The van der Waals surface area contributed by atoms with Crippen LogP contribution in [0.2, 0.25) is 0 Å². The van der Waals surface area contributed by atoms with E-state index in [0.29, 0.717) is 5.56 Å². The van der Waals surface area contributed by atoms with Gasteiger partial charge in [-0.15, -0.1) is 0 Å². The number of nitrogens with zero attached hydrogens (tertiary/aromatic N) is 1. The van der Waals surface area contributed by atoms with E-state index < -0.39 is 18.8 Å². The average molecular weight is 287 g/mol. The summed E-state index contributed by atoms with van der Waals surface area (Å²) in [6.45, 7) is 4.26. The first kappa shape index (κ1) is 16.7. The quantitative estimate of drug-likeness (QED) is 0.743. The van der Waals surface area contributed by atoms with E-state index in [-0.39, 0.29) is 12.3 Å². The number of aryl methyl sites for hydroxylation is 1. The Labute approximate surface area is 117 Å². The van der Waals surface area contributed by atoms with Crippen LogP contribution < -0.4 is 0 Å². The predicted octanol–water partition coefficient (Wildman–Crippen LogP) is 3.70. The molecule has 0 N–H and O–H groups in total. The van der Waals surface area contributed by atoms with Crippen LogP contribution in [0.5, 0.6) is 0 Å². The number of hydrogen-bond donors (Lipinski definition) is 0. The molecule has 0 bridgehead atoms. The number of benzene rings is 1. The molecule has 0 aliphatic rings. The molecule has 1 atom stereocenters. The Morgan fingerprint density at radius 3 is 2.15 bits per heavy atom. The molecule has 1 unspecified atom stereocenters. The Balaban J connectivity index is 2.82. The normalized spacial score (nSPS) is 13.6. The number of halogens is 3. The molecule has 0 fully saturated rings. The Bertz CT molecular complexity index is 439. The molecule has 0 aliphatic heterocycles. The third-order valence-corrected chi connectivity index (χ3v) is 3.36. The minimum absolute atomic E-state index is 0.180. The molecule has 0 aliphatic carbocycles. The van der Waals surface area contributed by atoms with Crippen LogP contribution in [0.4, 0.5) is 13.2 Å². The Kier molecular flexibility index (Phi) is 5.74. The topological polar surface area (TPSA) is 20.3 Å². The molecule has 0 spiro atoms. The van der Waals surface area contributed by atoms with Gasteiger partial charge in [0.15, 0.2) is 5.78 Å². The highest BCUT2D eigenvalue weighted by Crippen LogP contribution is 2.19. The van der Waals surface area contributed by atoms with E-state index in [2.05, 4.69) is 0 Å². The maximum Gasteiger partial charge on any atom is 0.401 e. The summed E-state index contributed by atoms with van der Waals surface area (Å²) >= 11 is 0. The number of rotatable bonds is 6. The first-order chi connectivity index (χ1) is 9.28. The number of alkyl halides is 3. The van der Waals surface area contributed by atoms with Crippen molar-refractivity contribution in [1.29, 1.82) is 0 Å². The zero-order valence-electron chi connectivity index (χ0n) is 12.0. The molecular formula is C15H20F3NO. The van der Waals surface area contributed by atoms with Crippen LogP contribution in [0.1, 0.15) is 36.7 Å². The SMILES string of the molecule is CCc1ccc(C(=O)C(C)N(CC)CC(F)(F)F)cc1. The van der Waals surface area contributed by atoms with Crippen LogP contribution in [0.25, 0.3) is 0 Å². The highest BCUT2D eigenvalue weighted by molar-refractivity contribution is 5.99. The summed E-state index contributed by atoms with van der Waals surface area (Å²) in [6.07, 6.45) is -3.43. The van der Waals surface area contributed by atoms with Crippen LogP contribution in [0.3, 0.4) is 0 Å². The molecule has 0 heterocycles. The van der Waals surface area contributed by atoms with Crippen LogP contribution in [-0.4, -0.2) is 36.0 Å². The molecule has 0 saturated carbocycles. The van der Waals surface area contributed by atoms with Crippen molar-refractivity contribution in [3.63, 3.8) is 0 Å². The number of ketones is 1. The van der Waals surface area contributed by atoms with E-state index in [0.717, 1.165) is 16.9 Å². The highest BCUT2D eigenvalue weighted by atomic mass is 19.4. The van der Waals surface area contributed by atoms with Crippen molar-refractivity contribution >= 4 is 5.78 Å². The van der Waals surface area contributed by atoms with Crippen molar-refractivity contribution < 1.29 is 18.0 Å². The fourth-order valence-corrected chi connectivity index (χ4v) is 2.06. The first-order valence-electron chi connectivity index (χ1n) is 6.72. The van der Waals surface area contributed by atoms with Gasteiger partial charge in [0.1, 0.15) is 0 Å². The van der Waals surface area contributed by atoms with Gasteiger partial charge in [0, 0.05) is 5.56 Å². The van der Waals surface area contributed by atoms with Gasteiger partial charge in [-0.25, -0.2) is 0 Å². The lowest BCUT2D eigenvalue weighted by atomic mass is 10.0. The summed E-state index contributed by atoms with van der Waals surface area (Å²) in [6, 6.07) is 6.24. The molecule has 0 saturated heterocycles. The molecule has 1 rings (SSSR count). The maximum atomic E-state index is 12.5. The average Bonchev–Trinajstić information content (AvgIpc) is 2.42. The number of hydrogen-bond acceptors (Lipinski definition) is 2. The van der Waals surface area contributed by atoms with Crippen LogP contribution >= 0.6 is 0 Å². The Morgan fingerprint density at radius 2 is 1.75 bits per heavy atom. The second-order valence-corrected chi connectivity index (χ2v) is 4.77. The summed E-state index contributed by atoms with van der Waals surface area (Å²) in [5.41, 5.74) is 1.55. The van der Waals surface area contributed by atoms with E-state index in [1.54, 1.807) is 19.1 Å². The van der Waals surface area contributed by atoms with Crippen LogP contribution in [0.15, 0.2) is 24.3 Å². The lowest BCUT2D eigenvalue weighted by Gasteiger charge is -2.27.